The van der Waals surface area contributed by atoms with Gasteiger partial charge in [-0.15, -0.1) is 0 Å². The second-order valence-electron chi connectivity index (χ2n) is 4.73. The molecule has 0 radical (unpaired) electrons. The molecule has 19 heavy (non-hydrogen) atoms. The Balaban J connectivity index is 2.22. The minimum absolute atomic E-state index is 0.315. The van der Waals surface area contributed by atoms with Crippen molar-refractivity contribution < 1.29 is 0 Å². The molecule has 1 heterocycles. The van der Waals surface area contributed by atoms with E-state index in [2.05, 4.69) is 42.5 Å². The first-order valence-electron chi connectivity index (χ1n) is 6.60. The second kappa shape index (κ2) is 6.78. The maximum Gasteiger partial charge on any atom is 0.0649 e. The summed E-state index contributed by atoms with van der Waals surface area (Å²) in [4.78, 5) is 0. The van der Waals surface area contributed by atoms with Gasteiger partial charge in [0.15, 0.2) is 0 Å². The number of rotatable bonds is 6. The summed E-state index contributed by atoms with van der Waals surface area (Å²) in [5, 5.41) is 8.48. The smallest absolute Gasteiger partial charge is 0.0649 e. The molecular weight excluding hydrogens is 254 g/mol. The van der Waals surface area contributed by atoms with Crippen LogP contribution >= 0.6 is 11.8 Å². The third-order valence-corrected chi connectivity index (χ3v) is 4.17. The number of hydrogen-bond acceptors (Lipinski definition) is 3. The number of nitrogens with zero attached hydrogens (tertiary/aromatic N) is 2. The molecule has 1 aromatic carbocycles. The van der Waals surface area contributed by atoms with Gasteiger partial charge < -0.3 is 5.32 Å². The summed E-state index contributed by atoms with van der Waals surface area (Å²) in [5.41, 5.74) is 2.32. The zero-order valence-corrected chi connectivity index (χ0v) is 12.5. The zero-order valence-electron chi connectivity index (χ0n) is 11.7. The minimum Gasteiger partial charge on any atom is -0.311 e. The van der Waals surface area contributed by atoms with Gasteiger partial charge >= 0.3 is 0 Å². The van der Waals surface area contributed by atoms with E-state index < -0.39 is 0 Å². The Kier molecular flexibility index (Phi) is 5.05. The quantitative estimate of drug-likeness (QED) is 0.877. The van der Waals surface area contributed by atoms with Crippen LogP contribution in [0.4, 0.5) is 0 Å². The van der Waals surface area contributed by atoms with Crippen LogP contribution in [-0.4, -0.2) is 27.8 Å². The van der Waals surface area contributed by atoms with E-state index in [-0.39, 0.29) is 0 Å². The predicted molar refractivity (Wildman–Crippen MR) is 83.0 cm³/mol. The van der Waals surface area contributed by atoms with Gasteiger partial charge in [0.1, 0.15) is 0 Å². The number of hydrogen-bond donors (Lipinski definition) is 1. The average Bonchev–Trinajstić information content (AvgIpc) is 2.89. The van der Waals surface area contributed by atoms with Crippen LogP contribution in [0, 0.1) is 0 Å². The summed E-state index contributed by atoms with van der Waals surface area (Å²) in [7, 11) is 2.01. The van der Waals surface area contributed by atoms with E-state index in [1.165, 1.54) is 5.69 Å². The molecule has 2 aromatic rings. The van der Waals surface area contributed by atoms with E-state index in [4.69, 9.17) is 0 Å². The normalized spacial score (nSPS) is 12.8. The van der Waals surface area contributed by atoms with Gasteiger partial charge in [-0.05, 0) is 30.5 Å². The lowest BCUT2D eigenvalue weighted by Gasteiger charge is -2.18. The number of thioether (sulfide) groups is 1. The molecule has 0 saturated carbocycles. The molecule has 0 saturated heterocycles. The average molecular weight is 275 g/mol. The summed E-state index contributed by atoms with van der Waals surface area (Å²) in [6, 6.07) is 12.7. The monoisotopic (exact) mass is 275 g/mol. The lowest BCUT2D eigenvalue weighted by molar-refractivity contribution is 0.612. The molecule has 2 rings (SSSR count). The molecule has 102 valence electrons. The lowest BCUT2D eigenvalue weighted by Crippen LogP contribution is -2.22. The van der Waals surface area contributed by atoms with Crippen LogP contribution < -0.4 is 5.32 Å². The molecule has 1 aromatic heterocycles. The highest BCUT2D eigenvalue weighted by Crippen LogP contribution is 2.22. The largest absolute Gasteiger partial charge is 0.311 e. The molecule has 0 bridgehead atoms. The van der Waals surface area contributed by atoms with Crippen molar-refractivity contribution in [3.8, 4) is 5.69 Å². The van der Waals surface area contributed by atoms with Crippen molar-refractivity contribution in [3.63, 3.8) is 0 Å². The van der Waals surface area contributed by atoms with Gasteiger partial charge in [0.2, 0.25) is 0 Å². The van der Waals surface area contributed by atoms with Crippen molar-refractivity contribution >= 4 is 11.8 Å². The predicted octanol–water partition coefficient (Wildman–Crippen LogP) is 3.27. The van der Waals surface area contributed by atoms with Crippen molar-refractivity contribution in [1.29, 1.82) is 0 Å². The molecule has 1 atom stereocenters. The summed E-state index contributed by atoms with van der Waals surface area (Å²) in [6.07, 6.45) is 1.87. The first-order chi connectivity index (χ1) is 9.22. The third-order valence-electron chi connectivity index (χ3n) is 2.97. The first kappa shape index (κ1) is 14.2. The summed E-state index contributed by atoms with van der Waals surface area (Å²) >= 11 is 1.96. The number of para-hydroxylation sites is 1. The van der Waals surface area contributed by atoms with Gasteiger partial charge in [-0.3, -0.25) is 0 Å². The van der Waals surface area contributed by atoms with E-state index in [0.717, 1.165) is 11.4 Å². The van der Waals surface area contributed by atoms with Crippen LogP contribution in [-0.2, 0) is 0 Å². The van der Waals surface area contributed by atoms with E-state index >= 15 is 0 Å². The molecule has 4 heteroatoms. The molecule has 0 aliphatic carbocycles. The zero-order chi connectivity index (χ0) is 13.7. The highest BCUT2D eigenvalue weighted by Gasteiger charge is 2.15. The molecule has 1 unspecified atom stereocenters. The lowest BCUT2D eigenvalue weighted by atomic mass is 10.2. The third kappa shape index (κ3) is 3.61. The Bertz CT molecular complexity index is 493. The van der Waals surface area contributed by atoms with E-state index in [0.29, 0.717) is 11.3 Å². The maximum absolute atomic E-state index is 4.45. The Morgan fingerprint density at radius 2 is 1.95 bits per heavy atom. The molecule has 0 spiro atoms. The topological polar surface area (TPSA) is 29.9 Å². The SMILES string of the molecule is CNC(CSC(C)C)c1ccnn1-c1ccccc1. The molecule has 0 aliphatic heterocycles. The van der Waals surface area contributed by atoms with E-state index in [1.54, 1.807) is 0 Å². The van der Waals surface area contributed by atoms with Gasteiger partial charge in [-0.25, -0.2) is 4.68 Å². The van der Waals surface area contributed by atoms with Gasteiger partial charge in [0.05, 0.1) is 17.4 Å². The van der Waals surface area contributed by atoms with Crippen LogP contribution in [0.2, 0.25) is 0 Å². The minimum atomic E-state index is 0.315. The highest BCUT2D eigenvalue weighted by atomic mass is 32.2. The number of nitrogens with one attached hydrogen (secondary N) is 1. The van der Waals surface area contributed by atoms with Crippen molar-refractivity contribution in [1.82, 2.24) is 15.1 Å². The Morgan fingerprint density at radius 3 is 2.58 bits per heavy atom. The van der Waals surface area contributed by atoms with Crippen LogP contribution in [0.3, 0.4) is 0 Å². The van der Waals surface area contributed by atoms with Gasteiger partial charge in [-0.2, -0.15) is 16.9 Å². The first-order valence-corrected chi connectivity index (χ1v) is 7.65. The van der Waals surface area contributed by atoms with E-state index in [1.807, 2.05) is 47.9 Å². The van der Waals surface area contributed by atoms with Crippen LogP contribution in [0.25, 0.3) is 5.69 Å². The molecule has 0 amide bonds. The summed E-state index contributed by atoms with van der Waals surface area (Å²) < 4.78 is 2.02. The van der Waals surface area contributed by atoms with Crippen LogP contribution in [0.15, 0.2) is 42.6 Å². The van der Waals surface area contributed by atoms with Gasteiger partial charge in [0, 0.05) is 11.9 Å². The maximum atomic E-state index is 4.45. The molecule has 0 fully saturated rings. The summed E-state index contributed by atoms with van der Waals surface area (Å²) in [5.74, 6) is 1.05. The summed E-state index contributed by atoms with van der Waals surface area (Å²) in [6.45, 7) is 4.46. The fourth-order valence-corrected chi connectivity index (χ4v) is 2.88. The van der Waals surface area contributed by atoms with Crippen LogP contribution in [0.1, 0.15) is 25.6 Å². The molecule has 1 N–H and O–H groups in total. The molecular formula is C15H21N3S. The van der Waals surface area contributed by atoms with Crippen molar-refractivity contribution in [2.75, 3.05) is 12.8 Å². The molecule has 3 nitrogen and oxygen atoms in total. The van der Waals surface area contributed by atoms with Crippen molar-refractivity contribution in [2.24, 2.45) is 0 Å². The van der Waals surface area contributed by atoms with Gasteiger partial charge in [-0.1, -0.05) is 32.0 Å². The molecule has 0 aliphatic rings. The van der Waals surface area contributed by atoms with Gasteiger partial charge in [0.25, 0.3) is 0 Å². The Labute approximate surface area is 119 Å². The fraction of sp³-hybridized carbons (Fsp3) is 0.400. The highest BCUT2D eigenvalue weighted by molar-refractivity contribution is 7.99. The van der Waals surface area contributed by atoms with Crippen molar-refractivity contribution in [2.45, 2.75) is 25.1 Å². The van der Waals surface area contributed by atoms with Crippen LogP contribution in [0.5, 0.6) is 0 Å². The fourth-order valence-electron chi connectivity index (χ4n) is 1.97. The van der Waals surface area contributed by atoms with Crippen molar-refractivity contribution in [3.05, 3.63) is 48.3 Å². The van der Waals surface area contributed by atoms with E-state index in [9.17, 15) is 0 Å². The Hall–Kier alpha value is -1.26. The number of benzene rings is 1. The standard InChI is InChI=1S/C15H21N3S/c1-12(2)19-11-14(16-3)15-9-10-17-18(15)13-7-5-4-6-8-13/h4-10,12,14,16H,11H2,1-3H3. The number of aromatic nitrogens is 2. The second-order valence-corrected chi connectivity index (χ2v) is 6.34. The Morgan fingerprint density at radius 1 is 1.21 bits per heavy atom.